The average Bonchev–Trinajstić information content (AvgIpc) is 2.99. The smallest absolute Gasteiger partial charge is 0.253 e. The number of sulfonamides is 1. The lowest BCUT2D eigenvalue weighted by atomic mass is 10.2. The van der Waals surface area contributed by atoms with Crippen molar-refractivity contribution in [1.29, 1.82) is 0 Å². The van der Waals surface area contributed by atoms with E-state index in [0.717, 1.165) is 4.88 Å². The zero-order chi connectivity index (χ0) is 16.2. The van der Waals surface area contributed by atoms with Gasteiger partial charge in [0.25, 0.3) is 5.91 Å². The third-order valence-corrected chi connectivity index (χ3v) is 5.45. The number of nitrogens with one attached hydrogen (secondary N) is 1. The van der Waals surface area contributed by atoms with Gasteiger partial charge in [-0.1, -0.05) is 19.1 Å². The summed E-state index contributed by atoms with van der Waals surface area (Å²) in [5, 5.41) is 1.96. The molecule has 0 saturated carbocycles. The molecule has 1 aromatic carbocycles. The second-order valence-corrected chi connectivity index (χ2v) is 7.57. The molecule has 5 nitrogen and oxygen atoms in total. The van der Waals surface area contributed by atoms with Gasteiger partial charge >= 0.3 is 0 Å². The van der Waals surface area contributed by atoms with Crippen LogP contribution in [0, 0.1) is 0 Å². The van der Waals surface area contributed by atoms with Crippen LogP contribution in [0.4, 0.5) is 0 Å². The first-order chi connectivity index (χ1) is 10.4. The number of rotatable bonds is 6. The highest BCUT2D eigenvalue weighted by Crippen LogP contribution is 2.16. The largest absolute Gasteiger partial charge is 0.337 e. The zero-order valence-corrected chi connectivity index (χ0v) is 14.1. The summed E-state index contributed by atoms with van der Waals surface area (Å²) >= 11 is 1.58. The second-order valence-electron chi connectivity index (χ2n) is 4.77. The fourth-order valence-electron chi connectivity index (χ4n) is 2.00. The SMILES string of the molecule is CCNS(=O)(=O)c1cccc(C(=O)N(C)Cc2cccs2)c1. The molecule has 22 heavy (non-hydrogen) atoms. The third-order valence-electron chi connectivity index (χ3n) is 3.05. The highest BCUT2D eigenvalue weighted by molar-refractivity contribution is 7.89. The molecule has 0 atom stereocenters. The minimum atomic E-state index is -3.56. The minimum absolute atomic E-state index is 0.102. The molecule has 0 spiro atoms. The Morgan fingerprint density at radius 2 is 2.05 bits per heavy atom. The van der Waals surface area contributed by atoms with Crippen molar-refractivity contribution in [3.8, 4) is 0 Å². The highest BCUT2D eigenvalue weighted by Gasteiger charge is 2.17. The summed E-state index contributed by atoms with van der Waals surface area (Å²) < 4.78 is 26.4. The number of carbonyl (C=O) groups excluding carboxylic acids is 1. The van der Waals surface area contributed by atoms with Crippen LogP contribution in [0.5, 0.6) is 0 Å². The number of hydrogen-bond acceptors (Lipinski definition) is 4. The molecular weight excluding hydrogens is 320 g/mol. The van der Waals surface area contributed by atoms with Gasteiger partial charge in [-0.05, 0) is 29.6 Å². The predicted octanol–water partition coefficient (Wildman–Crippen LogP) is 2.32. The molecule has 0 saturated heterocycles. The van der Waals surface area contributed by atoms with Gasteiger partial charge in [-0.3, -0.25) is 4.79 Å². The van der Waals surface area contributed by atoms with E-state index in [1.165, 1.54) is 12.1 Å². The molecule has 2 aromatic rings. The Kier molecular flexibility index (Phi) is 5.33. The van der Waals surface area contributed by atoms with Gasteiger partial charge < -0.3 is 4.90 Å². The van der Waals surface area contributed by atoms with E-state index < -0.39 is 10.0 Å². The van der Waals surface area contributed by atoms with E-state index in [0.29, 0.717) is 18.7 Å². The number of hydrogen-bond donors (Lipinski definition) is 1. The number of benzene rings is 1. The molecule has 1 aromatic heterocycles. The maximum Gasteiger partial charge on any atom is 0.253 e. The Morgan fingerprint density at radius 1 is 1.27 bits per heavy atom. The van der Waals surface area contributed by atoms with Crippen LogP contribution in [-0.4, -0.2) is 32.8 Å². The monoisotopic (exact) mass is 338 g/mol. The topological polar surface area (TPSA) is 66.5 Å². The fourth-order valence-corrected chi connectivity index (χ4v) is 3.84. The molecule has 0 aliphatic rings. The van der Waals surface area contributed by atoms with E-state index in [-0.39, 0.29) is 10.8 Å². The van der Waals surface area contributed by atoms with Crippen molar-refractivity contribution in [2.45, 2.75) is 18.4 Å². The van der Waals surface area contributed by atoms with Gasteiger partial charge in [0.15, 0.2) is 0 Å². The van der Waals surface area contributed by atoms with Gasteiger partial charge in [0.1, 0.15) is 0 Å². The molecule has 0 unspecified atom stereocenters. The Bertz CT molecular complexity index is 740. The molecule has 1 N–H and O–H groups in total. The summed E-state index contributed by atoms with van der Waals surface area (Å²) in [6.45, 7) is 2.51. The number of carbonyl (C=O) groups is 1. The van der Waals surface area contributed by atoms with E-state index in [1.807, 2.05) is 17.5 Å². The molecule has 0 fully saturated rings. The fraction of sp³-hybridized carbons (Fsp3) is 0.267. The average molecular weight is 338 g/mol. The maximum atomic E-state index is 12.4. The van der Waals surface area contributed by atoms with Crippen molar-refractivity contribution in [2.75, 3.05) is 13.6 Å². The standard InChI is InChI=1S/C15H18N2O3S2/c1-3-16-22(19,20)14-8-4-6-12(10-14)15(18)17(2)11-13-7-5-9-21-13/h4-10,16H,3,11H2,1-2H3. The van der Waals surface area contributed by atoms with Crippen LogP contribution in [0.2, 0.25) is 0 Å². The lowest BCUT2D eigenvalue weighted by Crippen LogP contribution is -2.27. The van der Waals surface area contributed by atoms with E-state index in [9.17, 15) is 13.2 Å². The third kappa shape index (κ3) is 3.94. The van der Waals surface area contributed by atoms with Crippen LogP contribution < -0.4 is 4.72 Å². The first-order valence-electron chi connectivity index (χ1n) is 6.81. The van der Waals surface area contributed by atoms with Crippen LogP contribution in [0.25, 0.3) is 0 Å². The minimum Gasteiger partial charge on any atom is -0.337 e. The Labute approximate surface area is 134 Å². The lowest BCUT2D eigenvalue weighted by molar-refractivity contribution is 0.0786. The van der Waals surface area contributed by atoms with E-state index in [4.69, 9.17) is 0 Å². The highest BCUT2D eigenvalue weighted by atomic mass is 32.2. The van der Waals surface area contributed by atoms with Crippen molar-refractivity contribution < 1.29 is 13.2 Å². The Morgan fingerprint density at radius 3 is 2.68 bits per heavy atom. The summed E-state index contributed by atoms with van der Waals surface area (Å²) in [5.74, 6) is -0.207. The van der Waals surface area contributed by atoms with Crippen molar-refractivity contribution in [3.05, 3.63) is 52.2 Å². The van der Waals surface area contributed by atoms with Gasteiger partial charge in [-0.25, -0.2) is 13.1 Å². The maximum absolute atomic E-state index is 12.4. The molecular formula is C15H18N2O3S2. The first kappa shape index (κ1) is 16.7. The first-order valence-corrected chi connectivity index (χ1v) is 9.18. The predicted molar refractivity (Wildman–Crippen MR) is 87.4 cm³/mol. The molecule has 2 rings (SSSR count). The van der Waals surface area contributed by atoms with Gasteiger partial charge in [0.05, 0.1) is 11.4 Å². The van der Waals surface area contributed by atoms with E-state index in [1.54, 1.807) is 42.3 Å². The van der Waals surface area contributed by atoms with Crippen molar-refractivity contribution in [1.82, 2.24) is 9.62 Å². The van der Waals surface area contributed by atoms with Crippen LogP contribution in [0.1, 0.15) is 22.2 Å². The molecule has 1 heterocycles. The zero-order valence-electron chi connectivity index (χ0n) is 12.4. The van der Waals surface area contributed by atoms with Gasteiger partial charge in [-0.15, -0.1) is 11.3 Å². The van der Waals surface area contributed by atoms with Gasteiger partial charge in [0, 0.05) is 24.0 Å². The lowest BCUT2D eigenvalue weighted by Gasteiger charge is -2.16. The van der Waals surface area contributed by atoms with Crippen molar-refractivity contribution in [2.24, 2.45) is 0 Å². The number of nitrogens with zero attached hydrogens (tertiary/aromatic N) is 1. The Hall–Kier alpha value is -1.70. The molecule has 118 valence electrons. The molecule has 0 radical (unpaired) electrons. The van der Waals surface area contributed by atoms with Crippen LogP contribution in [0.15, 0.2) is 46.7 Å². The van der Waals surface area contributed by atoms with Crippen molar-refractivity contribution in [3.63, 3.8) is 0 Å². The van der Waals surface area contributed by atoms with E-state index >= 15 is 0 Å². The van der Waals surface area contributed by atoms with E-state index in [2.05, 4.69) is 4.72 Å². The summed E-state index contributed by atoms with van der Waals surface area (Å²) in [4.78, 5) is 15.2. The van der Waals surface area contributed by atoms with Crippen molar-refractivity contribution >= 4 is 27.3 Å². The number of amides is 1. The summed E-state index contributed by atoms with van der Waals surface area (Å²) in [6, 6.07) is 9.98. The quantitative estimate of drug-likeness (QED) is 0.879. The van der Waals surface area contributed by atoms with Gasteiger partial charge in [-0.2, -0.15) is 0 Å². The summed E-state index contributed by atoms with van der Waals surface area (Å²) in [7, 11) is -1.86. The normalized spacial score (nSPS) is 11.4. The van der Waals surface area contributed by atoms with Crippen LogP contribution in [0.3, 0.4) is 0 Å². The number of thiophene rings is 1. The molecule has 7 heteroatoms. The summed E-state index contributed by atoms with van der Waals surface area (Å²) in [6.07, 6.45) is 0. The second kappa shape index (κ2) is 7.04. The summed E-state index contributed by atoms with van der Waals surface area (Å²) in [5.41, 5.74) is 0.359. The van der Waals surface area contributed by atoms with Gasteiger partial charge in [0.2, 0.25) is 10.0 Å². The Balaban J connectivity index is 2.20. The molecule has 0 aliphatic carbocycles. The van der Waals surface area contributed by atoms with Crippen LogP contribution >= 0.6 is 11.3 Å². The van der Waals surface area contributed by atoms with Crippen LogP contribution in [-0.2, 0) is 16.6 Å². The molecule has 0 bridgehead atoms. The molecule has 1 amide bonds. The molecule has 0 aliphatic heterocycles.